The Morgan fingerprint density at radius 2 is 2.25 bits per heavy atom. The van der Waals surface area contributed by atoms with Crippen molar-refractivity contribution in [1.29, 1.82) is 0 Å². The van der Waals surface area contributed by atoms with Crippen LogP contribution in [0.5, 0.6) is 0 Å². The fourth-order valence-corrected chi connectivity index (χ4v) is 1.79. The molecule has 0 aromatic heterocycles. The van der Waals surface area contributed by atoms with Crippen molar-refractivity contribution in [3.05, 3.63) is 29.3 Å². The van der Waals surface area contributed by atoms with Crippen molar-refractivity contribution in [3.63, 3.8) is 0 Å². The molecule has 0 atom stereocenters. The molecule has 0 saturated heterocycles. The minimum Gasteiger partial charge on any atom is -0.282 e. The largest absolute Gasteiger partial charge is 0.282 e. The topological polar surface area (TPSA) is 17.1 Å². The van der Waals surface area contributed by atoms with Crippen LogP contribution in [0.1, 0.15) is 22.8 Å². The van der Waals surface area contributed by atoms with Crippen molar-refractivity contribution in [2.75, 3.05) is 0 Å². The summed E-state index contributed by atoms with van der Waals surface area (Å²) in [4.78, 5) is 11.0. The highest BCUT2D eigenvalue weighted by atomic mass is 32.1. The van der Waals surface area contributed by atoms with E-state index >= 15 is 0 Å². The maximum Gasteiger partial charge on any atom is 0.216 e. The Kier molecular flexibility index (Phi) is 3.11. The Balaban J connectivity index is 3.27. The standard InChI is InChI=1S/C9H9OSSi/c1-2-6-7(9(10)11)4-3-5-8(6)12/h3-5H,2H2,1H3,(H,10,11). The summed E-state index contributed by atoms with van der Waals surface area (Å²) in [5.74, 6) is 0. The molecule has 1 aromatic rings. The van der Waals surface area contributed by atoms with Crippen LogP contribution in [0.4, 0.5) is 0 Å². The molecular formula is C9H9OSSi. The lowest BCUT2D eigenvalue weighted by atomic mass is 10.1. The second kappa shape index (κ2) is 3.91. The zero-order chi connectivity index (χ0) is 9.14. The Bertz CT molecular complexity index is 309. The van der Waals surface area contributed by atoms with Crippen molar-refractivity contribution in [1.82, 2.24) is 0 Å². The fraction of sp³-hybridized carbons (Fsp3) is 0.222. The number of hydrogen-bond acceptors (Lipinski definition) is 1. The van der Waals surface area contributed by atoms with Gasteiger partial charge in [-0.15, -0.1) is 12.6 Å². The molecule has 0 N–H and O–H groups in total. The normalized spacial score (nSPS) is 9.92. The molecule has 0 aliphatic carbocycles. The molecular weight excluding hydrogens is 184 g/mol. The lowest BCUT2D eigenvalue weighted by Gasteiger charge is -2.06. The van der Waals surface area contributed by atoms with Crippen molar-refractivity contribution in [3.8, 4) is 0 Å². The number of carbonyl (C=O) groups is 1. The molecule has 0 bridgehead atoms. The van der Waals surface area contributed by atoms with Crippen LogP contribution in [0, 0.1) is 0 Å². The molecule has 3 radical (unpaired) electrons. The molecule has 0 fully saturated rings. The average molecular weight is 193 g/mol. The molecule has 0 amide bonds. The van der Waals surface area contributed by atoms with Gasteiger partial charge in [-0.25, -0.2) is 0 Å². The highest BCUT2D eigenvalue weighted by molar-refractivity contribution is 7.97. The number of thiol groups is 1. The lowest BCUT2D eigenvalue weighted by molar-refractivity contribution is 0.109. The number of benzene rings is 1. The summed E-state index contributed by atoms with van der Waals surface area (Å²) in [6, 6.07) is 5.55. The highest BCUT2D eigenvalue weighted by Gasteiger charge is 2.07. The molecule has 0 unspecified atom stereocenters. The van der Waals surface area contributed by atoms with Crippen molar-refractivity contribution in [2.45, 2.75) is 13.3 Å². The van der Waals surface area contributed by atoms with E-state index in [-0.39, 0.29) is 5.12 Å². The third-order valence-electron chi connectivity index (χ3n) is 1.76. The van der Waals surface area contributed by atoms with Gasteiger partial charge in [0.05, 0.1) is 10.2 Å². The Labute approximate surface area is 81.0 Å². The molecule has 0 spiro atoms. The van der Waals surface area contributed by atoms with Crippen molar-refractivity contribution < 1.29 is 4.79 Å². The van der Waals surface area contributed by atoms with E-state index in [0.29, 0.717) is 5.56 Å². The minimum atomic E-state index is -0.174. The van der Waals surface area contributed by atoms with Crippen LogP contribution in [0.3, 0.4) is 0 Å². The van der Waals surface area contributed by atoms with E-state index in [1.54, 1.807) is 6.07 Å². The van der Waals surface area contributed by atoms with E-state index < -0.39 is 0 Å². The molecule has 0 saturated carbocycles. The van der Waals surface area contributed by atoms with Crippen LogP contribution in [0.15, 0.2) is 18.2 Å². The monoisotopic (exact) mass is 193 g/mol. The van der Waals surface area contributed by atoms with Gasteiger partial charge >= 0.3 is 0 Å². The van der Waals surface area contributed by atoms with Gasteiger partial charge in [-0.1, -0.05) is 30.3 Å². The summed E-state index contributed by atoms with van der Waals surface area (Å²) in [5, 5.41) is 0.796. The zero-order valence-electron chi connectivity index (χ0n) is 6.79. The average Bonchev–Trinajstić information content (AvgIpc) is 2.03. The lowest BCUT2D eigenvalue weighted by Crippen LogP contribution is -2.13. The van der Waals surface area contributed by atoms with Crippen LogP contribution >= 0.6 is 12.6 Å². The Hall–Kier alpha value is -0.543. The van der Waals surface area contributed by atoms with Crippen LogP contribution in [-0.4, -0.2) is 15.4 Å². The van der Waals surface area contributed by atoms with Gasteiger partial charge in [0.1, 0.15) is 0 Å². The highest BCUT2D eigenvalue weighted by Crippen LogP contribution is 2.09. The van der Waals surface area contributed by atoms with Gasteiger partial charge < -0.3 is 0 Å². The van der Waals surface area contributed by atoms with Crippen LogP contribution in [-0.2, 0) is 6.42 Å². The summed E-state index contributed by atoms with van der Waals surface area (Å²) in [6.07, 6.45) is 0.835. The first kappa shape index (κ1) is 9.54. The summed E-state index contributed by atoms with van der Waals surface area (Å²) in [7, 11) is 3.44. The smallest absolute Gasteiger partial charge is 0.216 e. The van der Waals surface area contributed by atoms with E-state index in [1.165, 1.54) is 0 Å². The van der Waals surface area contributed by atoms with Crippen LogP contribution in [0.2, 0.25) is 0 Å². The third-order valence-corrected chi connectivity index (χ3v) is 2.47. The van der Waals surface area contributed by atoms with E-state index in [0.717, 1.165) is 17.2 Å². The van der Waals surface area contributed by atoms with Gasteiger partial charge in [0.25, 0.3) is 0 Å². The molecule has 0 aliphatic heterocycles. The maximum atomic E-state index is 11.0. The number of rotatable bonds is 2. The second-order valence-electron chi connectivity index (χ2n) is 2.49. The molecule has 0 heterocycles. The van der Waals surface area contributed by atoms with Crippen molar-refractivity contribution in [2.24, 2.45) is 0 Å². The van der Waals surface area contributed by atoms with Crippen LogP contribution in [0.25, 0.3) is 0 Å². The second-order valence-corrected chi connectivity index (χ2v) is 3.44. The van der Waals surface area contributed by atoms with Crippen LogP contribution < -0.4 is 5.19 Å². The zero-order valence-corrected chi connectivity index (χ0v) is 8.69. The van der Waals surface area contributed by atoms with E-state index in [9.17, 15) is 4.79 Å². The SMILES string of the molecule is CCc1c([Si])cccc1C(=O)S. The number of hydrogen-bond donors (Lipinski definition) is 1. The van der Waals surface area contributed by atoms with Gasteiger partial charge in [-0.05, 0) is 12.0 Å². The first-order valence-electron chi connectivity index (χ1n) is 3.73. The minimum absolute atomic E-state index is 0.174. The predicted molar refractivity (Wildman–Crippen MR) is 54.5 cm³/mol. The number of carbonyl (C=O) groups excluding carboxylic acids is 1. The van der Waals surface area contributed by atoms with E-state index in [4.69, 9.17) is 0 Å². The fourth-order valence-electron chi connectivity index (χ4n) is 1.17. The maximum absolute atomic E-state index is 11.0. The Morgan fingerprint density at radius 1 is 1.58 bits per heavy atom. The van der Waals surface area contributed by atoms with Gasteiger partial charge in [0, 0.05) is 5.56 Å². The predicted octanol–water partition coefficient (Wildman–Crippen LogP) is 1.11. The molecule has 12 heavy (non-hydrogen) atoms. The van der Waals surface area contributed by atoms with E-state index in [2.05, 4.69) is 22.9 Å². The Morgan fingerprint density at radius 3 is 2.67 bits per heavy atom. The summed E-state index contributed by atoms with van der Waals surface area (Å²) in [5.41, 5.74) is 1.71. The summed E-state index contributed by atoms with van der Waals surface area (Å²) >= 11 is 3.80. The van der Waals surface area contributed by atoms with Gasteiger partial charge in [-0.3, -0.25) is 4.79 Å². The summed E-state index contributed by atoms with van der Waals surface area (Å²) in [6.45, 7) is 2.01. The summed E-state index contributed by atoms with van der Waals surface area (Å²) < 4.78 is 0. The molecule has 3 heteroatoms. The van der Waals surface area contributed by atoms with Crippen molar-refractivity contribution >= 4 is 33.2 Å². The molecule has 1 aromatic carbocycles. The van der Waals surface area contributed by atoms with Gasteiger partial charge in [-0.2, -0.15) is 0 Å². The third kappa shape index (κ3) is 1.79. The molecule has 61 valence electrons. The molecule has 0 aliphatic rings. The van der Waals surface area contributed by atoms with E-state index in [1.807, 2.05) is 19.1 Å². The quantitative estimate of drug-likeness (QED) is 0.550. The molecule has 1 rings (SSSR count). The first-order chi connectivity index (χ1) is 5.66. The molecule has 1 nitrogen and oxygen atoms in total. The van der Waals surface area contributed by atoms with Gasteiger partial charge in [0.15, 0.2) is 0 Å². The first-order valence-corrected chi connectivity index (χ1v) is 4.68. The van der Waals surface area contributed by atoms with Gasteiger partial charge in [0.2, 0.25) is 5.12 Å².